The predicted molar refractivity (Wildman–Crippen MR) is 71.8 cm³/mol. The van der Waals surface area contributed by atoms with E-state index >= 15 is 0 Å². The van der Waals surface area contributed by atoms with Crippen molar-refractivity contribution in [2.45, 2.75) is 20.3 Å². The van der Waals surface area contributed by atoms with Crippen LogP contribution in [0.2, 0.25) is 0 Å². The van der Waals surface area contributed by atoms with E-state index in [9.17, 15) is 0 Å². The van der Waals surface area contributed by atoms with Gasteiger partial charge in [0.05, 0.1) is 0 Å². The molecule has 0 bridgehead atoms. The molecule has 0 fully saturated rings. The van der Waals surface area contributed by atoms with Crippen LogP contribution in [0, 0.1) is 0 Å². The van der Waals surface area contributed by atoms with Gasteiger partial charge < -0.3 is 5.32 Å². The third-order valence-electron chi connectivity index (χ3n) is 2.55. The second-order valence-corrected chi connectivity index (χ2v) is 3.87. The molecule has 0 spiro atoms. The van der Waals surface area contributed by atoms with Gasteiger partial charge in [-0.25, -0.2) is 0 Å². The summed E-state index contributed by atoms with van der Waals surface area (Å²) in [5.74, 6) is 0. The van der Waals surface area contributed by atoms with Crippen LogP contribution in [0.15, 0.2) is 60.8 Å². The maximum Gasteiger partial charge on any atom is 0.0382 e. The maximum atomic E-state index is 4.04. The third kappa shape index (κ3) is 3.43. The molecule has 16 heavy (non-hydrogen) atoms. The average Bonchev–Trinajstić information content (AvgIpc) is 2.30. The largest absolute Gasteiger partial charge is 0.359 e. The van der Waals surface area contributed by atoms with E-state index in [1.165, 1.54) is 5.57 Å². The Morgan fingerprint density at radius 3 is 2.44 bits per heavy atom. The van der Waals surface area contributed by atoms with Crippen molar-refractivity contribution in [2.75, 3.05) is 0 Å². The molecule has 1 N–H and O–H groups in total. The molecular weight excluding hydrogens is 194 g/mol. The number of rotatable bonds is 5. The topological polar surface area (TPSA) is 12.0 Å². The van der Waals surface area contributed by atoms with Gasteiger partial charge in [0.2, 0.25) is 0 Å². The summed E-state index contributed by atoms with van der Waals surface area (Å²) >= 11 is 0. The molecule has 1 aromatic rings. The quantitative estimate of drug-likeness (QED) is 0.725. The van der Waals surface area contributed by atoms with Crippen molar-refractivity contribution in [1.29, 1.82) is 0 Å². The minimum Gasteiger partial charge on any atom is -0.359 e. The van der Waals surface area contributed by atoms with E-state index in [4.69, 9.17) is 0 Å². The van der Waals surface area contributed by atoms with Crippen LogP contribution in [0.4, 0.5) is 0 Å². The van der Waals surface area contributed by atoms with Crippen molar-refractivity contribution in [3.8, 4) is 0 Å². The first-order valence-electron chi connectivity index (χ1n) is 5.43. The summed E-state index contributed by atoms with van der Waals surface area (Å²) in [6.45, 7) is 11.9. The fraction of sp³-hybridized carbons (Fsp3) is 0.200. The first-order valence-corrected chi connectivity index (χ1v) is 5.43. The van der Waals surface area contributed by atoms with E-state index in [1.54, 1.807) is 0 Å². The van der Waals surface area contributed by atoms with Gasteiger partial charge in [-0.05, 0) is 25.8 Å². The van der Waals surface area contributed by atoms with Gasteiger partial charge in [-0.15, -0.1) is 6.58 Å². The fourth-order valence-electron chi connectivity index (χ4n) is 1.41. The molecule has 0 saturated carbocycles. The van der Waals surface area contributed by atoms with Gasteiger partial charge in [0, 0.05) is 11.4 Å². The molecule has 0 amide bonds. The maximum absolute atomic E-state index is 4.04. The first-order chi connectivity index (χ1) is 7.65. The molecule has 0 heterocycles. The Labute approximate surface area is 98.2 Å². The van der Waals surface area contributed by atoms with Crippen LogP contribution < -0.4 is 5.32 Å². The van der Waals surface area contributed by atoms with Crippen molar-refractivity contribution < 1.29 is 0 Å². The van der Waals surface area contributed by atoms with Crippen LogP contribution in [0.3, 0.4) is 0 Å². The zero-order chi connectivity index (χ0) is 12.0. The molecular formula is C15H19N. The molecule has 1 heteroatoms. The van der Waals surface area contributed by atoms with Crippen molar-refractivity contribution in [2.24, 2.45) is 0 Å². The molecule has 0 aromatic heterocycles. The minimum absolute atomic E-state index is 0.904. The van der Waals surface area contributed by atoms with E-state index in [0.29, 0.717) is 0 Å². The molecule has 1 aromatic carbocycles. The summed E-state index contributed by atoms with van der Waals surface area (Å²) in [6, 6.07) is 10.1. The summed E-state index contributed by atoms with van der Waals surface area (Å²) in [7, 11) is 0. The van der Waals surface area contributed by atoms with Crippen LogP contribution in [0.5, 0.6) is 0 Å². The van der Waals surface area contributed by atoms with Gasteiger partial charge in [-0.1, -0.05) is 48.6 Å². The van der Waals surface area contributed by atoms with E-state index in [2.05, 4.69) is 32.3 Å². The molecule has 0 unspecified atom stereocenters. The van der Waals surface area contributed by atoms with E-state index in [0.717, 1.165) is 23.4 Å². The van der Waals surface area contributed by atoms with Crippen LogP contribution >= 0.6 is 0 Å². The van der Waals surface area contributed by atoms with Crippen molar-refractivity contribution >= 4 is 5.70 Å². The van der Waals surface area contributed by atoms with Crippen LogP contribution in [-0.2, 0) is 0 Å². The minimum atomic E-state index is 0.904. The first kappa shape index (κ1) is 12.3. The number of hydrogen-bond donors (Lipinski definition) is 1. The van der Waals surface area contributed by atoms with Crippen LogP contribution in [0.25, 0.3) is 5.70 Å². The third-order valence-corrected chi connectivity index (χ3v) is 2.55. The molecule has 0 aliphatic rings. The van der Waals surface area contributed by atoms with Crippen molar-refractivity contribution in [1.82, 2.24) is 5.32 Å². The van der Waals surface area contributed by atoms with E-state index in [1.807, 2.05) is 36.4 Å². The molecule has 84 valence electrons. The highest BCUT2D eigenvalue weighted by Crippen LogP contribution is 2.13. The number of hydrogen-bond acceptors (Lipinski definition) is 1. The van der Waals surface area contributed by atoms with Crippen molar-refractivity contribution in [3.05, 3.63) is 66.4 Å². The SMILES string of the molecule is C=CC/C(C)=C(\C)NC(=C)c1ccccc1. The van der Waals surface area contributed by atoms with Gasteiger partial charge in [0.1, 0.15) is 0 Å². The molecule has 1 rings (SSSR count). The summed E-state index contributed by atoms with van der Waals surface area (Å²) in [4.78, 5) is 0. The summed E-state index contributed by atoms with van der Waals surface area (Å²) < 4.78 is 0. The average molecular weight is 213 g/mol. The van der Waals surface area contributed by atoms with E-state index < -0.39 is 0 Å². The Bertz CT molecular complexity index is 399. The highest BCUT2D eigenvalue weighted by molar-refractivity contribution is 5.63. The van der Waals surface area contributed by atoms with Gasteiger partial charge >= 0.3 is 0 Å². The van der Waals surface area contributed by atoms with Crippen LogP contribution in [0.1, 0.15) is 25.8 Å². The second-order valence-electron chi connectivity index (χ2n) is 3.87. The highest BCUT2D eigenvalue weighted by atomic mass is 14.9. The lowest BCUT2D eigenvalue weighted by atomic mass is 10.1. The van der Waals surface area contributed by atoms with Crippen LogP contribution in [-0.4, -0.2) is 0 Å². The Kier molecular flexibility index (Phi) is 4.59. The smallest absolute Gasteiger partial charge is 0.0382 e. The normalized spacial score (nSPS) is 11.6. The number of allylic oxidation sites excluding steroid dienone is 3. The number of nitrogens with one attached hydrogen (secondary N) is 1. The predicted octanol–water partition coefficient (Wildman–Crippen LogP) is 4.12. The Hall–Kier alpha value is -1.76. The lowest BCUT2D eigenvalue weighted by molar-refractivity contribution is 1.01. The van der Waals surface area contributed by atoms with Gasteiger partial charge in [0.15, 0.2) is 0 Å². The molecule has 0 saturated heterocycles. The van der Waals surface area contributed by atoms with Gasteiger partial charge in [-0.3, -0.25) is 0 Å². The van der Waals surface area contributed by atoms with Gasteiger partial charge in [0.25, 0.3) is 0 Å². The standard InChI is InChI=1S/C15H19N/c1-5-9-12(2)13(3)16-14(4)15-10-7-6-8-11-15/h5-8,10-11,16H,1,4,9H2,2-3H3/b13-12+. The summed E-state index contributed by atoms with van der Waals surface area (Å²) in [6.07, 6.45) is 2.81. The summed E-state index contributed by atoms with van der Waals surface area (Å²) in [5.41, 5.74) is 4.48. The Balaban J connectivity index is 2.72. The highest BCUT2D eigenvalue weighted by Gasteiger charge is 1.99. The summed E-state index contributed by atoms with van der Waals surface area (Å²) in [5, 5.41) is 3.32. The van der Waals surface area contributed by atoms with Gasteiger partial charge in [-0.2, -0.15) is 0 Å². The van der Waals surface area contributed by atoms with E-state index in [-0.39, 0.29) is 0 Å². The molecule has 0 atom stereocenters. The van der Waals surface area contributed by atoms with Crippen molar-refractivity contribution in [3.63, 3.8) is 0 Å². The fourth-order valence-corrected chi connectivity index (χ4v) is 1.41. The monoisotopic (exact) mass is 213 g/mol. The Morgan fingerprint density at radius 1 is 1.25 bits per heavy atom. The molecule has 0 aliphatic heterocycles. The lowest BCUT2D eigenvalue weighted by Crippen LogP contribution is -2.10. The zero-order valence-electron chi connectivity index (χ0n) is 10.1. The molecule has 0 aliphatic carbocycles. The molecule has 1 nitrogen and oxygen atoms in total. The Morgan fingerprint density at radius 2 is 1.88 bits per heavy atom. The zero-order valence-corrected chi connectivity index (χ0v) is 10.1. The lowest BCUT2D eigenvalue weighted by Gasteiger charge is -2.12. The second kappa shape index (κ2) is 5.96. The molecule has 0 radical (unpaired) electrons. The number of benzene rings is 1.